The number of likely N-dealkylation sites (tertiary alicyclic amines) is 2. The molecule has 6 nitrogen and oxygen atoms in total. The number of alkyl carbamates (subject to hydrolysis) is 1. The van der Waals surface area contributed by atoms with Gasteiger partial charge in [0.05, 0.1) is 5.56 Å². The van der Waals surface area contributed by atoms with Crippen LogP contribution in [0.4, 0.5) is 4.79 Å². The van der Waals surface area contributed by atoms with E-state index in [0.717, 1.165) is 97.9 Å². The number of hydrogen-bond acceptors (Lipinski definition) is 4. The second-order valence-electron chi connectivity index (χ2n) is 12.1. The maximum Gasteiger partial charge on any atom is 0.407 e. The normalized spacial score (nSPS) is 21.5. The van der Waals surface area contributed by atoms with Crippen LogP contribution >= 0.6 is 0 Å². The van der Waals surface area contributed by atoms with E-state index in [1.807, 2.05) is 29.2 Å². The molecule has 2 saturated heterocycles. The van der Waals surface area contributed by atoms with Crippen LogP contribution in [0.3, 0.4) is 0 Å². The molecule has 3 fully saturated rings. The van der Waals surface area contributed by atoms with Gasteiger partial charge in [0, 0.05) is 32.2 Å². The predicted molar refractivity (Wildman–Crippen MR) is 161 cm³/mol. The van der Waals surface area contributed by atoms with Crippen LogP contribution in [0.5, 0.6) is 0 Å². The van der Waals surface area contributed by atoms with E-state index >= 15 is 0 Å². The number of hydrogen-bond donors (Lipinski definition) is 1. The number of amides is 2. The molecule has 40 heavy (non-hydrogen) atoms. The fraction of sp³-hybridized carbons (Fsp3) is 0.529. The van der Waals surface area contributed by atoms with Gasteiger partial charge in [0.25, 0.3) is 5.91 Å². The van der Waals surface area contributed by atoms with Crippen LogP contribution in [-0.4, -0.2) is 66.7 Å². The number of fused-ring (bicyclic) bond motifs is 2. The van der Waals surface area contributed by atoms with E-state index in [1.165, 1.54) is 32.1 Å². The molecular weight excluding hydrogens is 498 g/mol. The summed E-state index contributed by atoms with van der Waals surface area (Å²) in [5.74, 6) is 0.896. The van der Waals surface area contributed by atoms with Crippen molar-refractivity contribution in [1.82, 2.24) is 15.1 Å². The molecule has 1 saturated carbocycles. The minimum Gasteiger partial charge on any atom is -0.445 e. The summed E-state index contributed by atoms with van der Waals surface area (Å²) >= 11 is 0. The van der Waals surface area contributed by atoms with E-state index in [-0.39, 0.29) is 18.1 Å². The first-order valence-corrected chi connectivity index (χ1v) is 15.5. The summed E-state index contributed by atoms with van der Waals surface area (Å²) in [6, 6.07) is 19.0. The Kier molecular flexibility index (Phi) is 8.52. The average molecular weight is 542 g/mol. The fourth-order valence-electron chi connectivity index (χ4n) is 7.28. The monoisotopic (exact) mass is 541 g/mol. The second kappa shape index (κ2) is 12.6. The van der Waals surface area contributed by atoms with Crippen molar-refractivity contribution < 1.29 is 14.3 Å². The number of piperidine rings is 2. The lowest BCUT2D eigenvalue weighted by Crippen LogP contribution is -2.51. The Bertz CT molecular complexity index is 1270. The fourth-order valence-corrected chi connectivity index (χ4v) is 7.28. The lowest BCUT2D eigenvalue weighted by Gasteiger charge is -2.42. The Balaban J connectivity index is 1.03. The van der Waals surface area contributed by atoms with E-state index in [4.69, 9.17) is 4.74 Å². The Morgan fingerprint density at radius 3 is 2.17 bits per heavy atom. The third kappa shape index (κ3) is 6.12. The number of nitrogens with zero attached hydrogens (tertiary/aromatic N) is 2. The maximum atomic E-state index is 13.9. The highest BCUT2D eigenvalue weighted by molar-refractivity contribution is 6.18. The van der Waals surface area contributed by atoms with Gasteiger partial charge in [0.1, 0.15) is 6.10 Å². The van der Waals surface area contributed by atoms with Crippen LogP contribution in [0, 0.1) is 5.92 Å². The standard InChI is InChI=1S/C34H43N3O3/c38-33(32-30-14-6-4-11-26(30)23-27-12-5-7-15-31(27)32)36-21-17-28(18-22-36)37-20-8-13-29(24-37)40-34(39)35-19-16-25-9-2-1-3-10-25/h4-7,11-12,14-15,23,25,28-29H,1-3,8-10,13,16-22,24H2,(H,35,39)/t29-/m1/s1. The summed E-state index contributed by atoms with van der Waals surface area (Å²) in [6.45, 7) is 4.06. The number of nitrogens with one attached hydrogen (secondary N) is 1. The van der Waals surface area contributed by atoms with Gasteiger partial charge in [-0.2, -0.15) is 0 Å². The highest BCUT2D eigenvalue weighted by Gasteiger charge is 2.32. The predicted octanol–water partition coefficient (Wildman–Crippen LogP) is 6.76. The topological polar surface area (TPSA) is 61.9 Å². The molecule has 3 aliphatic rings. The van der Waals surface area contributed by atoms with E-state index in [1.54, 1.807) is 0 Å². The van der Waals surface area contributed by atoms with Crippen molar-refractivity contribution >= 4 is 33.5 Å². The van der Waals surface area contributed by atoms with Gasteiger partial charge in [-0.25, -0.2) is 4.79 Å². The van der Waals surface area contributed by atoms with Crippen molar-refractivity contribution in [1.29, 1.82) is 0 Å². The number of rotatable bonds is 6. The lowest BCUT2D eigenvalue weighted by atomic mass is 9.87. The molecule has 3 aromatic rings. The molecule has 1 aliphatic carbocycles. The first kappa shape index (κ1) is 27.1. The molecule has 2 aliphatic heterocycles. The summed E-state index contributed by atoms with van der Waals surface area (Å²) in [5.41, 5.74) is 0.827. The van der Waals surface area contributed by atoms with Crippen LogP contribution in [0.1, 0.15) is 74.6 Å². The van der Waals surface area contributed by atoms with Crippen LogP contribution in [0.15, 0.2) is 54.6 Å². The van der Waals surface area contributed by atoms with Gasteiger partial charge >= 0.3 is 6.09 Å². The van der Waals surface area contributed by atoms with Gasteiger partial charge in [0.2, 0.25) is 0 Å². The van der Waals surface area contributed by atoms with Gasteiger partial charge in [0.15, 0.2) is 0 Å². The molecular formula is C34H43N3O3. The molecule has 1 N–H and O–H groups in total. The quantitative estimate of drug-likeness (QED) is 0.350. The average Bonchev–Trinajstić information content (AvgIpc) is 3.00. The summed E-state index contributed by atoms with van der Waals surface area (Å²) in [5, 5.41) is 7.28. The summed E-state index contributed by atoms with van der Waals surface area (Å²) in [4.78, 5) is 30.9. The molecule has 2 heterocycles. The smallest absolute Gasteiger partial charge is 0.407 e. The summed E-state index contributed by atoms with van der Waals surface area (Å²) in [7, 11) is 0. The molecule has 0 spiro atoms. The van der Waals surface area contributed by atoms with Crippen LogP contribution in [-0.2, 0) is 4.74 Å². The van der Waals surface area contributed by atoms with Gasteiger partial charge in [-0.3, -0.25) is 9.69 Å². The minimum absolute atomic E-state index is 0.0508. The first-order chi connectivity index (χ1) is 19.7. The molecule has 1 atom stereocenters. The number of benzene rings is 3. The van der Waals surface area contributed by atoms with Crippen molar-refractivity contribution in [3.63, 3.8) is 0 Å². The zero-order valence-corrected chi connectivity index (χ0v) is 23.7. The molecule has 0 bridgehead atoms. The van der Waals surface area contributed by atoms with Crippen molar-refractivity contribution in [2.45, 2.75) is 76.4 Å². The molecule has 2 amide bonds. The van der Waals surface area contributed by atoms with E-state index in [2.05, 4.69) is 40.5 Å². The van der Waals surface area contributed by atoms with E-state index < -0.39 is 0 Å². The maximum absolute atomic E-state index is 13.9. The molecule has 6 rings (SSSR count). The number of ether oxygens (including phenoxy) is 1. The van der Waals surface area contributed by atoms with Crippen LogP contribution < -0.4 is 5.32 Å². The van der Waals surface area contributed by atoms with Gasteiger partial charge < -0.3 is 15.0 Å². The zero-order valence-electron chi connectivity index (χ0n) is 23.7. The van der Waals surface area contributed by atoms with Crippen molar-refractivity contribution in [2.24, 2.45) is 5.92 Å². The van der Waals surface area contributed by atoms with Crippen molar-refractivity contribution in [3.05, 3.63) is 60.2 Å². The van der Waals surface area contributed by atoms with Gasteiger partial charge in [-0.15, -0.1) is 0 Å². The minimum atomic E-state index is -0.259. The van der Waals surface area contributed by atoms with Gasteiger partial charge in [-0.1, -0.05) is 80.6 Å². The molecule has 0 radical (unpaired) electrons. The SMILES string of the molecule is O=C(NCCC1CCCCC1)O[C@@H]1CCCN(C2CCN(C(=O)c3c4ccccc4cc4ccccc34)CC2)C1. The highest BCUT2D eigenvalue weighted by Crippen LogP contribution is 2.31. The third-order valence-electron chi connectivity index (χ3n) is 9.48. The highest BCUT2D eigenvalue weighted by atomic mass is 16.6. The lowest BCUT2D eigenvalue weighted by molar-refractivity contribution is 0.0117. The Morgan fingerprint density at radius 2 is 1.48 bits per heavy atom. The Hall–Kier alpha value is -3.12. The summed E-state index contributed by atoms with van der Waals surface area (Å²) in [6.07, 6.45) is 11.3. The molecule has 212 valence electrons. The molecule has 6 heteroatoms. The van der Waals surface area contributed by atoms with Crippen LogP contribution in [0.25, 0.3) is 21.5 Å². The Labute approximate surface area is 238 Å². The van der Waals surface area contributed by atoms with E-state index in [0.29, 0.717) is 6.04 Å². The zero-order chi connectivity index (χ0) is 27.3. The molecule has 3 aromatic carbocycles. The van der Waals surface area contributed by atoms with Crippen molar-refractivity contribution in [3.8, 4) is 0 Å². The molecule has 0 unspecified atom stereocenters. The summed E-state index contributed by atoms with van der Waals surface area (Å²) < 4.78 is 5.84. The largest absolute Gasteiger partial charge is 0.445 e. The number of carbonyl (C=O) groups excluding carboxylic acids is 2. The third-order valence-corrected chi connectivity index (χ3v) is 9.48. The molecule has 0 aromatic heterocycles. The first-order valence-electron chi connectivity index (χ1n) is 15.5. The second-order valence-corrected chi connectivity index (χ2v) is 12.1. The van der Waals surface area contributed by atoms with Gasteiger partial charge in [-0.05, 0) is 72.2 Å². The van der Waals surface area contributed by atoms with E-state index in [9.17, 15) is 9.59 Å². The Morgan fingerprint density at radius 1 is 0.800 bits per heavy atom. The van der Waals surface area contributed by atoms with Crippen LogP contribution in [0.2, 0.25) is 0 Å². The number of carbonyl (C=O) groups is 2. The van der Waals surface area contributed by atoms with Crippen molar-refractivity contribution in [2.75, 3.05) is 32.7 Å².